The molecule has 0 amide bonds. The highest BCUT2D eigenvalue weighted by molar-refractivity contribution is 5.43. The van der Waals surface area contributed by atoms with Gasteiger partial charge < -0.3 is 59.4 Å². The molecule has 2 aliphatic rings. The lowest BCUT2D eigenvalue weighted by atomic mass is 9.98. The van der Waals surface area contributed by atoms with Crippen molar-refractivity contribution in [2.45, 2.75) is 81.4 Å². The van der Waals surface area contributed by atoms with E-state index >= 15 is 0 Å². The average molecular weight is 476 g/mol. The van der Waals surface area contributed by atoms with E-state index in [1.54, 1.807) is 19.1 Å². The molecule has 3 rings (SSSR count). The lowest BCUT2D eigenvalue weighted by molar-refractivity contribution is -0.318. The molecule has 0 bridgehead atoms. The Bertz CT molecular complexity index is 776. The van der Waals surface area contributed by atoms with E-state index in [1.165, 1.54) is 20.1 Å². The normalized spacial score (nSPS) is 40.3. The number of aliphatic hydroxyl groups is 7. The van der Waals surface area contributed by atoms with Gasteiger partial charge in [0.25, 0.3) is 0 Å². The van der Waals surface area contributed by atoms with Crippen LogP contribution in [0.5, 0.6) is 11.5 Å². The van der Waals surface area contributed by atoms with Gasteiger partial charge in [0.15, 0.2) is 17.8 Å². The Kier molecular flexibility index (Phi) is 8.50. The lowest BCUT2D eigenvalue weighted by Gasteiger charge is -2.42. The molecule has 0 aromatic heterocycles. The van der Waals surface area contributed by atoms with E-state index in [9.17, 15) is 35.7 Å². The number of methoxy groups -OCH3 is 1. The van der Waals surface area contributed by atoms with Gasteiger partial charge in [-0.2, -0.15) is 0 Å². The van der Waals surface area contributed by atoms with E-state index < -0.39 is 74.1 Å². The van der Waals surface area contributed by atoms with Crippen LogP contribution >= 0.6 is 0 Å². The molecule has 0 aliphatic carbocycles. The molecule has 33 heavy (non-hydrogen) atoms. The Balaban J connectivity index is 1.69. The van der Waals surface area contributed by atoms with E-state index in [0.29, 0.717) is 5.56 Å². The zero-order valence-electron chi connectivity index (χ0n) is 18.5. The average Bonchev–Trinajstić information content (AvgIpc) is 2.80. The summed E-state index contributed by atoms with van der Waals surface area (Å²) in [6.45, 7) is 2.67. The van der Waals surface area contributed by atoms with Gasteiger partial charge in [-0.25, -0.2) is 0 Å². The molecular weight excluding hydrogens is 444 g/mol. The Labute approximate surface area is 190 Å². The number of ether oxygens (including phenoxy) is 5. The molecule has 2 fully saturated rings. The summed E-state index contributed by atoms with van der Waals surface area (Å²) in [5.41, 5.74) is 0.568. The zero-order valence-corrected chi connectivity index (χ0v) is 18.5. The molecule has 2 saturated heterocycles. The number of rotatable bonds is 7. The molecule has 2 heterocycles. The van der Waals surface area contributed by atoms with E-state index in [1.807, 2.05) is 0 Å². The highest BCUT2D eigenvalue weighted by Crippen LogP contribution is 2.33. The van der Waals surface area contributed by atoms with E-state index in [0.717, 1.165) is 0 Å². The first-order valence-electron chi connectivity index (χ1n) is 10.6. The topological polar surface area (TPSA) is 188 Å². The summed E-state index contributed by atoms with van der Waals surface area (Å²) in [5.74, 6) is 0.407. The molecule has 12 nitrogen and oxygen atoms in total. The molecule has 12 heteroatoms. The van der Waals surface area contributed by atoms with Crippen LogP contribution < -0.4 is 9.47 Å². The van der Waals surface area contributed by atoms with Crippen molar-refractivity contribution in [3.05, 3.63) is 23.8 Å². The fourth-order valence-electron chi connectivity index (χ4n) is 3.66. The van der Waals surface area contributed by atoms with Crippen molar-refractivity contribution in [3.63, 3.8) is 0 Å². The Morgan fingerprint density at radius 2 is 1.48 bits per heavy atom. The van der Waals surface area contributed by atoms with Gasteiger partial charge in [0.1, 0.15) is 42.7 Å². The number of aliphatic hydroxyl groups excluding tert-OH is 7. The summed E-state index contributed by atoms with van der Waals surface area (Å²) in [5, 5.41) is 70.4. The SMILES string of the molecule is COc1cc(C(C)O)ccc1OC1OC(COC2OC(C)C(O)C(O)C2O)C(O)C(O)C1O. The standard InChI is InChI=1S/C21H32O12/c1-8(22)10-4-5-11(12(6-10)29-3)32-21-19(28)17(26)15(24)13(33-21)7-30-20-18(27)16(25)14(23)9(2)31-20/h4-6,8-9,13-28H,7H2,1-3H3. The van der Waals surface area contributed by atoms with E-state index in [2.05, 4.69) is 0 Å². The van der Waals surface area contributed by atoms with Gasteiger partial charge in [0.05, 0.1) is 25.9 Å². The van der Waals surface area contributed by atoms with Crippen LogP contribution in [0.3, 0.4) is 0 Å². The quantitative estimate of drug-likeness (QED) is 0.225. The fourth-order valence-corrected chi connectivity index (χ4v) is 3.66. The highest BCUT2D eigenvalue weighted by atomic mass is 16.7. The Morgan fingerprint density at radius 1 is 0.848 bits per heavy atom. The van der Waals surface area contributed by atoms with Crippen molar-refractivity contribution in [2.24, 2.45) is 0 Å². The number of hydrogen-bond acceptors (Lipinski definition) is 12. The molecular formula is C21H32O12. The molecule has 7 N–H and O–H groups in total. The second-order valence-corrected chi connectivity index (χ2v) is 8.23. The Morgan fingerprint density at radius 3 is 2.12 bits per heavy atom. The molecule has 1 aromatic rings. The van der Waals surface area contributed by atoms with E-state index in [4.69, 9.17) is 23.7 Å². The van der Waals surface area contributed by atoms with Gasteiger partial charge in [-0.15, -0.1) is 0 Å². The molecule has 11 atom stereocenters. The molecule has 2 aliphatic heterocycles. The van der Waals surface area contributed by atoms with Crippen molar-refractivity contribution in [2.75, 3.05) is 13.7 Å². The summed E-state index contributed by atoms with van der Waals surface area (Å²) in [6, 6.07) is 4.64. The molecule has 11 unspecified atom stereocenters. The van der Waals surface area contributed by atoms with Gasteiger partial charge in [-0.3, -0.25) is 0 Å². The third-order valence-electron chi connectivity index (χ3n) is 5.81. The fraction of sp³-hybridized carbons (Fsp3) is 0.714. The summed E-state index contributed by atoms with van der Waals surface area (Å²) in [4.78, 5) is 0. The van der Waals surface area contributed by atoms with Crippen LogP contribution in [0.25, 0.3) is 0 Å². The first-order valence-corrected chi connectivity index (χ1v) is 10.6. The molecule has 0 spiro atoms. The van der Waals surface area contributed by atoms with Crippen LogP contribution in [0.15, 0.2) is 18.2 Å². The zero-order chi connectivity index (χ0) is 24.4. The minimum absolute atomic E-state index is 0.158. The number of benzene rings is 1. The maximum absolute atomic E-state index is 10.3. The van der Waals surface area contributed by atoms with Gasteiger partial charge in [-0.1, -0.05) is 6.07 Å². The van der Waals surface area contributed by atoms with Crippen LogP contribution in [-0.2, 0) is 14.2 Å². The minimum Gasteiger partial charge on any atom is -0.493 e. The second-order valence-electron chi connectivity index (χ2n) is 8.23. The van der Waals surface area contributed by atoms with Crippen LogP contribution in [0, 0.1) is 0 Å². The van der Waals surface area contributed by atoms with Crippen molar-refractivity contribution < 1.29 is 59.4 Å². The van der Waals surface area contributed by atoms with Crippen molar-refractivity contribution in [3.8, 4) is 11.5 Å². The largest absolute Gasteiger partial charge is 0.493 e. The van der Waals surface area contributed by atoms with Crippen molar-refractivity contribution >= 4 is 0 Å². The van der Waals surface area contributed by atoms with Crippen LogP contribution in [0.4, 0.5) is 0 Å². The van der Waals surface area contributed by atoms with Gasteiger partial charge in [-0.05, 0) is 31.5 Å². The molecule has 188 valence electrons. The minimum atomic E-state index is -1.65. The summed E-state index contributed by atoms with van der Waals surface area (Å²) in [7, 11) is 1.39. The predicted octanol–water partition coefficient (Wildman–Crippen LogP) is -2.22. The first-order chi connectivity index (χ1) is 15.5. The van der Waals surface area contributed by atoms with Gasteiger partial charge >= 0.3 is 0 Å². The van der Waals surface area contributed by atoms with Crippen molar-refractivity contribution in [1.82, 2.24) is 0 Å². The third-order valence-corrected chi connectivity index (χ3v) is 5.81. The van der Waals surface area contributed by atoms with Gasteiger partial charge in [0.2, 0.25) is 6.29 Å². The monoisotopic (exact) mass is 476 g/mol. The highest BCUT2D eigenvalue weighted by Gasteiger charge is 2.47. The summed E-state index contributed by atoms with van der Waals surface area (Å²) >= 11 is 0. The van der Waals surface area contributed by atoms with Crippen LogP contribution in [0.2, 0.25) is 0 Å². The van der Waals surface area contributed by atoms with Crippen LogP contribution in [-0.4, -0.2) is 111 Å². The van der Waals surface area contributed by atoms with Crippen molar-refractivity contribution in [1.29, 1.82) is 0 Å². The maximum atomic E-state index is 10.3. The predicted molar refractivity (Wildman–Crippen MR) is 109 cm³/mol. The third kappa shape index (κ3) is 5.57. The molecule has 0 saturated carbocycles. The summed E-state index contributed by atoms with van der Waals surface area (Å²) in [6.07, 6.45) is -14.7. The van der Waals surface area contributed by atoms with Crippen LogP contribution in [0.1, 0.15) is 25.5 Å². The number of hydrogen-bond donors (Lipinski definition) is 7. The lowest BCUT2D eigenvalue weighted by Crippen LogP contribution is -2.61. The smallest absolute Gasteiger partial charge is 0.229 e. The molecule has 0 radical (unpaired) electrons. The summed E-state index contributed by atoms with van der Waals surface area (Å²) < 4.78 is 27.3. The van der Waals surface area contributed by atoms with Gasteiger partial charge in [0, 0.05) is 0 Å². The van der Waals surface area contributed by atoms with E-state index in [-0.39, 0.29) is 11.5 Å². The Hall–Kier alpha value is -1.58. The first kappa shape index (κ1) is 26.0. The second kappa shape index (κ2) is 10.8. The maximum Gasteiger partial charge on any atom is 0.229 e. The molecule has 1 aromatic carbocycles.